The summed E-state index contributed by atoms with van der Waals surface area (Å²) in [6.45, 7) is 6.58. The lowest BCUT2D eigenvalue weighted by Crippen LogP contribution is -2.51. The van der Waals surface area contributed by atoms with Crippen molar-refractivity contribution in [3.8, 4) is 0 Å². The molecule has 152 valence electrons. The van der Waals surface area contributed by atoms with E-state index in [1.807, 2.05) is 50.2 Å². The van der Waals surface area contributed by atoms with Crippen molar-refractivity contribution >= 4 is 24.2 Å². The van der Waals surface area contributed by atoms with Gasteiger partial charge in [-0.3, -0.25) is 9.59 Å². The lowest BCUT2D eigenvalue weighted by atomic mass is 9.96. The number of hydrogen-bond donors (Lipinski definition) is 3. The number of nitrogens with one attached hydrogen (secondary N) is 2. The molecular weight excluding hydrogens is 374 g/mol. The average Bonchev–Trinajstić information content (AvgIpc) is 2.65. The first kappa shape index (κ1) is 23.7. The molecule has 0 aliphatic rings. The lowest BCUT2D eigenvalue weighted by molar-refractivity contribution is -0.126. The SMILES string of the molecule is CCCC(C)(N)C(=O)NCc1cccc(C(=O)NCc2ccc(C)cc2)c1.Cl. The van der Waals surface area contributed by atoms with Crippen LogP contribution in [0.15, 0.2) is 48.5 Å². The molecule has 0 saturated carbocycles. The monoisotopic (exact) mass is 403 g/mol. The van der Waals surface area contributed by atoms with Crippen LogP contribution in [0.25, 0.3) is 0 Å². The fourth-order valence-electron chi connectivity index (χ4n) is 2.83. The van der Waals surface area contributed by atoms with Crippen LogP contribution >= 0.6 is 12.4 Å². The molecule has 0 radical (unpaired) electrons. The van der Waals surface area contributed by atoms with Crippen LogP contribution in [0.3, 0.4) is 0 Å². The Morgan fingerprint density at radius 2 is 1.64 bits per heavy atom. The van der Waals surface area contributed by atoms with Crippen LogP contribution in [-0.4, -0.2) is 17.4 Å². The Hall–Kier alpha value is -2.37. The molecule has 0 aromatic heterocycles. The first-order valence-corrected chi connectivity index (χ1v) is 9.31. The van der Waals surface area contributed by atoms with Gasteiger partial charge in [-0.15, -0.1) is 12.4 Å². The van der Waals surface area contributed by atoms with E-state index in [1.54, 1.807) is 19.1 Å². The Kier molecular flexibility index (Phi) is 9.16. The van der Waals surface area contributed by atoms with Crippen molar-refractivity contribution < 1.29 is 9.59 Å². The van der Waals surface area contributed by atoms with E-state index in [2.05, 4.69) is 10.6 Å². The zero-order valence-electron chi connectivity index (χ0n) is 16.7. The normalized spacial score (nSPS) is 12.4. The minimum Gasteiger partial charge on any atom is -0.350 e. The van der Waals surface area contributed by atoms with Gasteiger partial charge < -0.3 is 16.4 Å². The molecule has 28 heavy (non-hydrogen) atoms. The van der Waals surface area contributed by atoms with Gasteiger partial charge in [0.2, 0.25) is 5.91 Å². The van der Waals surface area contributed by atoms with Gasteiger partial charge in [-0.25, -0.2) is 0 Å². The predicted octanol–water partition coefficient (Wildman–Crippen LogP) is 3.48. The van der Waals surface area contributed by atoms with E-state index in [1.165, 1.54) is 5.56 Å². The maximum atomic E-state index is 12.4. The highest BCUT2D eigenvalue weighted by molar-refractivity contribution is 5.94. The number of amides is 2. The van der Waals surface area contributed by atoms with Gasteiger partial charge in [0, 0.05) is 18.7 Å². The van der Waals surface area contributed by atoms with E-state index in [0.29, 0.717) is 25.1 Å². The zero-order valence-corrected chi connectivity index (χ0v) is 17.6. The third-order valence-electron chi connectivity index (χ3n) is 4.50. The molecule has 2 rings (SSSR count). The summed E-state index contributed by atoms with van der Waals surface area (Å²) in [5, 5.41) is 5.78. The second-order valence-corrected chi connectivity index (χ2v) is 7.22. The second-order valence-electron chi connectivity index (χ2n) is 7.22. The molecular formula is C22H30ClN3O2. The molecule has 2 aromatic carbocycles. The number of hydrogen-bond acceptors (Lipinski definition) is 3. The lowest BCUT2D eigenvalue weighted by Gasteiger charge is -2.22. The van der Waals surface area contributed by atoms with Gasteiger partial charge in [-0.1, -0.05) is 55.3 Å². The van der Waals surface area contributed by atoms with Crippen LogP contribution in [0, 0.1) is 6.92 Å². The van der Waals surface area contributed by atoms with Crippen molar-refractivity contribution in [3.63, 3.8) is 0 Å². The van der Waals surface area contributed by atoms with Crippen LogP contribution in [-0.2, 0) is 17.9 Å². The van der Waals surface area contributed by atoms with Crippen molar-refractivity contribution in [1.29, 1.82) is 0 Å². The average molecular weight is 404 g/mol. The molecule has 0 fully saturated rings. The molecule has 1 atom stereocenters. The zero-order chi connectivity index (χ0) is 19.9. The predicted molar refractivity (Wildman–Crippen MR) is 115 cm³/mol. The van der Waals surface area contributed by atoms with E-state index >= 15 is 0 Å². The van der Waals surface area contributed by atoms with Gasteiger partial charge >= 0.3 is 0 Å². The number of rotatable bonds is 8. The number of halogens is 1. The van der Waals surface area contributed by atoms with E-state index in [9.17, 15) is 9.59 Å². The maximum absolute atomic E-state index is 12.4. The smallest absolute Gasteiger partial charge is 0.251 e. The third-order valence-corrected chi connectivity index (χ3v) is 4.50. The van der Waals surface area contributed by atoms with Crippen LogP contribution in [0.4, 0.5) is 0 Å². The van der Waals surface area contributed by atoms with E-state index in [-0.39, 0.29) is 24.2 Å². The number of aryl methyl sites for hydroxylation is 1. The Morgan fingerprint density at radius 3 is 2.29 bits per heavy atom. The molecule has 0 bridgehead atoms. The summed E-state index contributed by atoms with van der Waals surface area (Å²) in [6, 6.07) is 15.3. The van der Waals surface area contributed by atoms with Gasteiger partial charge in [-0.05, 0) is 43.5 Å². The topological polar surface area (TPSA) is 84.2 Å². The summed E-state index contributed by atoms with van der Waals surface area (Å²) in [7, 11) is 0. The van der Waals surface area contributed by atoms with Crippen molar-refractivity contribution in [2.24, 2.45) is 5.73 Å². The van der Waals surface area contributed by atoms with Gasteiger partial charge in [0.1, 0.15) is 0 Å². The van der Waals surface area contributed by atoms with Gasteiger partial charge in [0.25, 0.3) is 5.91 Å². The fraction of sp³-hybridized carbons (Fsp3) is 0.364. The molecule has 0 heterocycles. The molecule has 4 N–H and O–H groups in total. The Balaban J connectivity index is 0.00000392. The van der Waals surface area contributed by atoms with Gasteiger partial charge in [0.05, 0.1) is 5.54 Å². The molecule has 0 saturated heterocycles. The molecule has 2 amide bonds. The number of carbonyl (C=O) groups excluding carboxylic acids is 2. The molecule has 0 aliphatic heterocycles. The first-order valence-electron chi connectivity index (χ1n) is 9.31. The van der Waals surface area contributed by atoms with Gasteiger partial charge in [-0.2, -0.15) is 0 Å². The molecule has 0 spiro atoms. The van der Waals surface area contributed by atoms with Gasteiger partial charge in [0.15, 0.2) is 0 Å². The molecule has 5 nitrogen and oxygen atoms in total. The summed E-state index contributed by atoms with van der Waals surface area (Å²) >= 11 is 0. The van der Waals surface area contributed by atoms with E-state index < -0.39 is 5.54 Å². The molecule has 1 unspecified atom stereocenters. The van der Waals surface area contributed by atoms with Crippen LogP contribution in [0.1, 0.15) is 53.7 Å². The molecule has 2 aromatic rings. The van der Waals surface area contributed by atoms with Crippen molar-refractivity contribution in [2.45, 2.75) is 52.2 Å². The van der Waals surface area contributed by atoms with E-state index in [0.717, 1.165) is 17.5 Å². The molecule has 6 heteroatoms. The largest absolute Gasteiger partial charge is 0.350 e. The summed E-state index contributed by atoms with van der Waals surface area (Å²) < 4.78 is 0. The van der Waals surface area contributed by atoms with Crippen LogP contribution < -0.4 is 16.4 Å². The minimum absolute atomic E-state index is 0. The Bertz CT molecular complexity index is 789. The number of benzene rings is 2. The standard InChI is InChI=1S/C22H29N3O2.ClH/c1-4-12-22(3,23)21(27)25-15-18-6-5-7-19(13-18)20(26)24-14-17-10-8-16(2)9-11-17;/h5-11,13H,4,12,14-15,23H2,1-3H3,(H,24,26)(H,25,27);1H. The summed E-state index contributed by atoms with van der Waals surface area (Å²) in [4.78, 5) is 24.6. The highest BCUT2D eigenvalue weighted by atomic mass is 35.5. The van der Waals surface area contributed by atoms with Crippen molar-refractivity contribution in [1.82, 2.24) is 10.6 Å². The molecule has 0 aliphatic carbocycles. The van der Waals surface area contributed by atoms with E-state index in [4.69, 9.17) is 5.73 Å². The quantitative estimate of drug-likeness (QED) is 0.630. The van der Waals surface area contributed by atoms with Crippen LogP contribution in [0.5, 0.6) is 0 Å². The summed E-state index contributed by atoms with van der Waals surface area (Å²) in [6.07, 6.45) is 1.47. The highest BCUT2D eigenvalue weighted by Crippen LogP contribution is 2.10. The Labute approximate surface area is 173 Å². The number of nitrogens with two attached hydrogens (primary N) is 1. The van der Waals surface area contributed by atoms with Crippen LogP contribution in [0.2, 0.25) is 0 Å². The first-order chi connectivity index (χ1) is 12.8. The number of carbonyl (C=O) groups is 2. The fourth-order valence-corrected chi connectivity index (χ4v) is 2.83. The second kappa shape index (κ2) is 10.8. The van der Waals surface area contributed by atoms with Crippen molar-refractivity contribution in [2.75, 3.05) is 0 Å². The minimum atomic E-state index is -0.877. The highest BCUT2D eigenvalue weighted by Gasteiger charge is 2.26. The third kappa shape index (κ3) is 6.98. The summed E-state index contributed by atoms with van der Waals surface area (Å²) in [5.74, 6) is -0.322. The van der Waals surface area contributed by atoms with Crippen molar-refractivity contribution in [3.05, 3.63) is 70.8 Å². The summed E-state index contributed by atoms with van der Waals surface area (Å²) in [5.41, 5.74) is 8.83. The Morgan fingerprint density at radius 1 is 1.00 bits per heavy atom. The maximum Gasteiger partial charge on any atom is 0.251 e.